The quantitative estimate of drug-likeness (QED) is 0.496. The molecule has 0 bridgehead atoms. The van der Waals surface area contributed by atoms with Gasteiger partial charge in [-0.3, -0.25) is 0 Å². The zero-order valence-electron chi connectivity index (χ0n) is 10.8. The Labute approximate surface area is 107 Å². The molecule has 5 nitrogen and oxygen atoms in total. The van der Waals surface area contributed by atoms with E-state index < -0.39 is 5.75 Å². The third-order valence-electron chi connectivity index (χ3n) is 3.52. The molecule has 0 saturated carbocycles. The molecule has 0 heterocycles. The summed E-state index contributed by atoms with van der Waals surface area (Å²) in [6.45, 7) is 4.26. The molecule has 1 rings (SSSR count). The largest absolute Gasteiger partial charge is 0.504 e. The van der Waals surface area contributed by atoms with Crippen molar-refractivity contribution in [3.05, 3.63) is 17.7 Å². The van der Waals surface area contributed by atoms with Crippen molar-refractivity contribution in [3.63, 3.8) is 0 Å². The monoisotopic (exact) mass is 255 g/mol. The molecule has 1 aromatic rings. The summed E-state index contributed by atoms with van der Waals surface area (Å²) < 4.78 is 0. The lowest BCUT2D eigenvalue weighted by atomic mass is 9.93. The highest BCUT2D eigenvalue weighted by molar-refractivity contribution is 5.53. The standard InChI is InChI=1S/C13H21NO4/c1-3-13(4-2,8-15)14-7-9-5-6-10(16)12(18)11(9)17/h5-6,14-18H,3-4,7-8H2,1-2H3. The molecule has 0 saturated heterocycles. The van der Waals surface area contributed by atoms with Gasteiger partial charge in [0.05, 0.1) is 6.61 Å². The minimum Gasteiger partial charge on any atom is -0.504 e. The first-order valence-electron chi connectivity index (χ1n) is 6.08. The Balaban J connectivity index is 2.83. The number of hydrogen-bond acceptors (Lipinski definition) is 5. The maximum Gasteiger partial charge on any atom is 0.200 e. The van der Waals surface area contributed by atoms with E-state index in [0.717, 1.165) is 12.8 Å². The molecule has 0 fully saturated rings. The van der Waals surface area contributed by atoms with Gasteiger partial charge in [0.25, 0.3) is 0 Å². The molecule has 0 aliphatic heterocycles. The minimum atomic E-state index is -0.517. The van der Waals surface area contributed by atoms with Crippen molar-refractivity contribution in [3.8, 4) is 17.2 Å². The fourth-order valence-electron chi connectivity index (χ4n) is 1.82. The van der Waals surface area contributed by atoms with E-state index in [1.54, 1.807) is 0 Å². The van der Waals surface area contributed by atoms with Gasteiger partial charge in [0.1, 0.15) is 0 Å². The molecule has 0 unspecified atom stereocenters. The van der Waals surface area contributed by atoms with Crippen LogP contribution in [0, 0.1) is 0 Å². The van der Waals surface area contributed by atoms with E-state index in [2.05, 4.69) is 5.32 Å². The fraction of sp³-hybridized carbons (Fsp3) is 0.538. The summed E-state index contributed by atoms with van der Waals surface area (Å²) in [5, 5.41) is 40.9. The molecule has 0 aromatic heterocycles. The number of hydrogen-bond donors (Lipinski definition) is 5. The maximum atomic E-state index is 9.68. The number of aromatic hydroxyl groups is 3. The van der Waals surface area contributed by atoms with Gasteiger partial charge in [-0.05, 0) is 18.9 Å². The average Bonchev–Trinajstić information content (AvgIpc) is 2.40. The van der Waals surface area contributed by atoms with Gasteiger partial charge in [0.2, 0.25) is 5.75 Å². The summed E-state index contributed by atoms with van der Waals surface area (Å²) in [5.41, 5.74) is 0.0879. The van der Waals surface area contributed by atoms with Crippen LogP contribution in [0.3, 0.4) is 0 Å². The van der Waals surface area contributed by atoms with Gasteiger partial charge < -0.3 is 25.7 Å². The number of benzene rings is 1. The van der Waals surface area contributed by atoms with Crippen molar-refractivity contribution in [2.45, 2.75) is 38.8 Å². The van der Waals surface area contributed by atoms with Crippen molar-refractivity contribution in [2.24, 2.45) is 0 Å². The van der Waals surface area contributed by atoms with Crippen molar-refractivity contribution in [1.82, 2.24) is 5.32 Å². The van der Waals surface area contributed by atoms with Gasteiger partial charge in [0.15, 0.2) is 11.5 Å². The van der Waals surface area contributed by atoms with Gasteiger partial charge in [-0.25, -0.2) is 0 Å². The molecule has 1 aromatic carbocycles. The summed E-state index contributed by atoms with van der Waals surface area (Å²) in [7, 11) is 0. The lowest BCUT2D eigenvalue weighted by Crippen LogP contribution is -2.47. The average molecular weight is 255 g/mol. The Bertz CT molecular complexity index is 394. The van der Waals surface area contributed by atoms with Crippen molar-refractivity contribution in [1.29, 1.82) is 0 Å². The molecule has 0 spiro atoms. The fourth-order valence-corrected chi connectivity index (χ4v) is 1.82. The second kappa shape index (κ2) is 5.93. The van der Waals surface area contributed by atoms with Gasteiger partial charge >= 0.3 is 0 Å². The first-order chi connectivity index (χ1) is 8.49. The second-order valence-electron chi connectivity index (χ2n) is 4.44. The van der Waals surface area contributed by atoms with E-state index in [0.29, 0.717) is 12.1 Å². The van der Waals surface area contributed by atoms with E-state index in [9.17, 15) is 20.4 Å². The Morgan fingerprint density at radius 3 is 2.17 bits per heavy atom. The summed E-state index contributed by atoms with van der Waals surface area (Å²) in [6, 6.07) is 2.86. The highest BCUT2D eigenvalue weighted by Gasteiger charge is 2.24. The second-order valence-corrected chi connectivity index (χ2v) is 4.44. The molecule has 5 N–H and O–H groups in total. The van der Waals surface area contributed by atoms with Crippen molar-refractivity contribution in [2.75, 3.05) is 6.61 Å². The van der Waals surface area contributed by atoms with Crippen LogP contribution in [0.4, 0.5) is 0 Å². The number of aliphatic hydroxyl groups is 1. The molecule has 0 aliphatic carbocycles. The van der Waals surface area contributed by atoms with Gasteiger partial charge in [0, 0.05) is 17.6 Å². The van der Waals surface area contributed by atoms with E-state index in [-0.39, 0.29) is 23.6 Å². The maximum absolute atomic E-state index is 9.68. The molecule has 0 radical (unpaired) electrons. The molecule has 0 amide bonds. The summed E-state index contributed by atoms with van der Waals surface area (Å²) in [5.74, 6) is -1.20. The molecule has 0 aliphatic rings. The molecule has 102 valence electrons. The van der Waals surface area contributed by atoms with Crippen LogP contribution in [0.15, 0.2) is 12.1 Å². The van der Waals surface area contributed by atoms with Gasteiger partial charge in [-0.1, -0.05) is 19.9 Å². The molecular weight excluding hydrogens is 234 g/mol. The summed E-state index contributed by atoms with van der Waals surface area (Å²) in [4.78, 5) is 0. The Morgan fingerprint density at radius 2 is 1.67 bits per heavy atom. The SMILES string of the molecule is CCC(CC)(CO)NCc1ccc(O)c(O)c1O. The first kappa shape index (κ1) is 14.6. The number of aliphatic hydroxyl groups excluding tert-OH is 1. The highest BCUT2D eigenvalue weighted by Crippen LogP contribution is 2.37. The smallest absolute Gasteiger partial charge is 0.200 e. The van der Waals surface area contributed by atoms with E-state index in [1.165, 1.54) is 12.1 Å². The molecule has 0 atom stereocenters. The molecule has 5 heteroatoms. The predicted octanol–water partition coefficient (Wildman–Crippen LogP) is 1.44. The van der Waals surface area contributed by atoms with E-state index in [4.69, 9.17) is 0 Å². The minimum absolute atomic E-state index is 0.00479. The van der Waals surface area contributed by atoms with Crippen LogP contribution in [0.25, 0.3) is 0 Å². The third-order valence-corrected chi connectivity index (χ3v) is 3.52. The van der Waals surface area contributed by atoms with Crippen molar-refractivity contribution < 1.29 is 20.4 Å². The predicted molar refractivity (Wildman–Crippen MR) is 68.7 cm³/mol. The normalized spacial score (nSPS) is 11.7. The number of rotatable bonds is 6. The van der Waals surface area contributed by atoms with Crippen LogP contribution >= 0.6 is 0 Å². The topological polar surface area (TPSA) is 93.0 Å². The molecular formula is C13H21NO4. The van der Waals surface area contributed by atoms with E-state index in [1.807, 2.05) is 13.8 Å². The summed E-state index contributed by atoms with van der Waals surface area (Å²) >= 11 is 0. The zero-order chi connectivity index (χ0) is 13.8. The van der Waals surface area contributed by atoms with Gasteiger partial charge in [-0.15, -0.1) is 0 Å². The zero-order valence-corrected chi connectivity index (χ0v) is 10.8. The lowest BCUT2D eigenvalue weighted by Gasteiger charge is -2.31. The number of phenols is 3. The van der Waals surface area contributed by atoms with Crippen LogP contribution in [-0.4, -0.2) is 32.6 Å². The number of phenolic OH excluding ortho intramolecular Hbond substituents is 3. The third kappa shape index (κ3) is 2.86. The van der Waals surface area contributed by atoms with E-state index >= 15 is 0 Å². The Kier molecular flexibility index (Phi) is 4.81. The van der Waals surface area contributed by atoms with Crippen molar-refractivity contribution >= 4 is 0 Å². The van der Waals surface area contributed by atoms with Crippen LogP contribution in [0.2, 0.25) is 0 Å². The van der Waals surface area contributed by atoms with Gasteiger partial charge in [-0.2, -0.15) is 0 Å². The van der Waals surface area contributed by atoms with Crippen LogP contribution in [0.5, 0.6) is 17.2 Å². The number of nitrogens with one attached hydrogen (secondary N) is 1. The Morgan fingerprint density at radius 1 is 1.06 bits per heavy atom. The summed E-state index contributed by atoms with van der Waals surface area (Å²) in [6.07, 6.45) is 1.51. The van der Waals surface area contributed by atoms with Crippen LogP contribution in [0.1, 0.15) is 32.3 Å². The molecule has 18 heavy (non-hydrogen) atoms. The Hall–Kier alpha value is -1.46. The van der Waals surface area contributed by atoms with Crippen LogP contribution in [-0.2, 0) is 6.54 Å². The first-order valence-corrected chi connectivity index (χ1v) is 6.08. The van der Waals surface area contributed by atoms with Crippen LogP contribution < -0.4 is 5.32 Å². The lowest BCUT2D eigenvalue weighted by molar-refractivity contribution is 0.149. The highest BCUT2D eigenvalue weighted by atomic mass is 16.3.